The monoisotopic (exact) mass is 237 g/mol. The molecule has 88 valence electrons. The molecular weight excluding hydrogens is 228 g/mol. The van der Waals surface area contributed by atoms with Crippen molar-refractivity contribution >= 4 is 17.4 Å². The molecule has 0 fully saturated rings. The summed E-state index contributed by atoms with van der Waals surface area (Å²) in [5.41, 5.74) is -0.350. The number of halogens is 2. The first-order chi connectivity index (χ1) is 8.06. The molecule has 1 heterocycles. The minimum absolute atomic E-state index is 0.0939. The molecule has 0 aliphatic carbocycles. The largest absolute Gasteiger partial charge is 0.299 e. The molecule has 0 bridgehead atoms. The van der Waals surface area contributed by atoms with E-state index in [2.05, 4.69) is 0 Å². The molecule has 0 unspecified atom stereocenters. The molecule has 1 aromatic carbocycles. The van der Waals surface area contributed by atoms with Gasteiger partial charge >= 0.3 is 0 Å². The van der Waals surface area contributed by atoms with Gasteiger partial charge in [0.2, 0.25) is 0 Å². The Morgan fingerprint density at radius 1 is 1.29 bits per heavy atom. The molecule has 0 atom stereocenters. The molecule has 5 heteroatoms. The summed E-state index contributed by atoms with van der Waals surface area (Å²) in [6, 6.07) is 1.54. The lowest BCUT2D eigenvalue weighted by atomic mass is 10.1. The number of benzene rings is 1. The van der Waals surface area contributed by atoms with E-state index in [1.807, 2.05) is 0 Å². The average Bonchev–Trinajstić information content (AvgIpc) is 2.51. The second-order valence-electron chi connectivity index (χ2n) is 3.60. The molecule has 0 radical (unpaired) electrons. The van der Waals surface area contributed by atoms with Crippen LogP contribution in [0.1, 0.15) is 17.3 Å². The van der Waals surface area contributed by atoms with E-state index in [0.29, 0.717) is 6.07 Å². The second-order valence-corrected chi connectivity index (χ2v) is 3.60. The number of rotatable bonds is 2. The first-order valence-corrected chi connectivity index (χ1v) is 5.02. The number of carbonyl (C=O) groups is 2. The van der Waals surface area contributed by atoms with Gasteiger partial charge in [0, 0.05) is 12.6 Å². The highest BCUT2D eigenvalue weighted by atomic mass is 19.1. The van der Waals surface area contributed by atoms with Gasteiger partial charge in [-0.1, -0.05) is 12.2 Å². The Bertz CT molecular complexity index is 538. The fourth-order valence-corrected chi connectivity index (χ4v) is 1.74. The predicted octanol–water partition coefficient (Wildman–Crippen LogP) is 2.07. The van der Waals surface area contributed by atoms with Crippen LogP contribution in [0.4, 0.5) is 14.5 Å². The minimum Gasteiger partial charge on any atom is -0.298 e. The van der Waals surface area contributed by atoms with Gasteiger partial charge in [0.05, 0.1) is 11.3 Å². The smallest absolute Gasteiger partial charge is 0.298 e. The normalized spacial score (nSPS) is 14.9. The summed E-state index contributed by atoms with van der Waals surface area (Å²) >= 11 is 0. The van der Waals surface area contributed by atoms with E-state index >= 15 is 0 Å². The fourth-order valence-electron chi connectivity index (χ4n) is 1.74. The van der Waals surface area contributed by atoms with Gasteiger partial charge in [-0.25, -0.2) is 8.78 Å². The van der Waals surface area contributed by atoms with E-state index in [0.717, 1.165) is 11.0 Å². The topological polar surface area (TPSA) is 37.4 Å². The Kier molecular flexibility index (Phi) is 2.75. The van der Waals surface area contributed by atoms with Crippen molar-refractivity contribution in [1.29, 1.82) is 0 Å². The van der Waals surface area contributed by atoms with E-state index in [1.165, 1.54) is 0 Å². The third-order valence-corrected chi connectivity index (χ3v) is 2.51. The third-order valence-electron chi connectivity index (χ3n) is 2.51. The number of hydrogen-bond acceptors (Lipinski definition) is 2. The lowest BCUT2D eigenvalue weighted by Crippen LogP contribution is -2.30. The minimum atomic E-state index is -0.899. The van der Waals surface area contributed by atoms with Crippen LogP contribution in [0.2, 0.25) is 0 Å². The molecule has 3 nitrogen and oxygen atoms in total. The maximum absolute atomic E-state index is 13.6. The van der Waals surface area contributed by atoms with Crippen LogP contribution in [0.3, 0.4) is 0 Å². The van der Waals surface area contributed by atoms with Gasteiger partial charge in [-0.3, -0.25) is 14.5 Å². The first-order valence-electron chi connectivity index (χ1n) is 5.02. The van der Waals surface area contributed by atoms with Crippen LogP contribution in [0, 0.1) is 11.6 Å². The van der Waals surface area contributed by atoms with Crippen LogP contribution >= 0.6 is 0 Å². The van der Waals surface area contributed by atoms with Gasteiger partial charge in [-0.2, -0.15) is 0 Å². The number of nitrogens with zero attached hydrogens (tertiary/aromatic N) is 1. The molecule has 2 rings (SSSR count). The van der Waals surface area contributed by atoms with Gasteiger partial charge in [-0.15, -0.1) is 0 Å². The number of allylic oxidation sites excluding steroid dienone is 1. The van der Waals surface area contributed by atoms with Crippen molar-refractivity contribution in [3.8, 4) is 0 Å². The van der Waals surface area contributed by atoms with Crippen LogP contribution in [-0.2, 0) is 4.79 Å². The molecular formula is C12H9F2NO2. The van der Waals surface area contributed by atoms with Crippen molar-refractivity contribution in [3.63, 3.8) is 0 Å². The van der Waals surface area contributed by atoms with Gasteiger partial charge < -0.3 is 0 Å². The number of amides is 1. The van der Waals surface area contributed by atoms with Crippen molar-refractivity contribution < 1.29 is 18.4 Å². The highest BCUT2D eigenvalue weighted by Crippen LogP contribution is 2.32. The van der Waals surface area contributed by atoms with Crippen LogP contribution in [0.5, 0.6) is 0 Å². The molecule has 0 N–H and O–H groups in total. The molecule has 1 aromatic rings. The number of carbonyl (C=O) groups excluding carboxylic acids is 2. The molecule has 17 heavy (non-hydrogen) atoms. The van der Waals surface area contributed by atoms with Crippen molar-refractivity contribution in [2.24, 2.45) is 0 Å². The quantitative estimate of drug-likeness (QED) is 0.583. The maximum atomic E-state index is 13.6. The van der Waals surface area contributed by atoms with Crippen molar-refractivity contribution in [3.05, 3.63) is 41.5 Å². The zero-order chi connectivity index (χ0) is 12.6. The molecule has 1 amide bonds. The van der Waals surface area contributed by atoms with Crippen LogP contribution in [-0.4, -0.2) is 18.2 Å². The highest BCUT2D eigenvalue weighted by Gasteiger charge is 2.37. The standard InChI is InChI=1S/C12H9F2NO2/c1-2-3-4-15-10-8(11(16)12(15)17)5-7(13)6-9(10)14/h2-3,5-6H,4H2,1H3/b3-2+. The van der Waals surface area contributed by atoms with E-state index in [-0.39, 0.29) is 17.8 Å². The number of fused-ring (bicyclic) bond motifs is 1. The van der Waals surface area contributed by atoms with E-state index in [4.69, 9.17) is 0 Å². The summed E-state index contributed by atoms with van der Waals surface area (Å²) in [6.45, 7) is 1.83. The average molecular weight is 237 g/mol. The highest BCUT2D eigenvalue weighted by molar-refractivity contribution is 6.52. The fraction of sp³-hybridized carbons (Fsp3) is 0.167. The Labute approximate surface area is 96.3 Å². The summed E-state index contributed by atoms with van der Waals surface area (Å²) in [4.78, 5) is 24.1. The molecule has 0 saturated carbocycles. The first kappa shape index (κ1) is 11.4. The van der Waals surface area contributed by atoms with E-state index in [1.54, 1.807) is 19.1 Å². The Hall–Kier alpha value is -2.04. The lowest BCUT2D eigenvalue weighted by molar-refractivity contribution is -0.114. The van der Waals surface area contributed by atoms with Gasteiger partial charge in [0.15, 0.2) is 5.82 Å². The molecule has 1 aliphatic rings. The molecule has 1 aliphatic heterocycles. The zero-order valence-corrected chi connectivity index (χ0v) is 9.04. The molecule has 0 saturated heterocycles. The van der Waals surface area contributed by atoms with Crippen LogP contribution in [0.25, 0.3) is 0 Å². The number of anilines is 1. The Balaban J connectivity index is 2.56. The van der Waals surface area contributed by atoms with E-state index in [9.17, 15) is 18.4 Å². The zero-order valence-electron chi connectivity index (χ0n) is 9.04. The Morgan fingerprint density at radius 3 is 2.65 bits per heavy atom. The van der Waals surface area contributed by atoms with Crippen LogP contribution in [0.15, 0.2) is 24.3 Å². The van der Waals surface area contributed by atoms with E-state index < -0.39 is 23.3 Å². The van der Waals surface area contributed by atoms with Crippen LogP contribution < -0.4 is 4.90 Å². The summed E-state index contributed by atoms with van der Waals surface area (Å²) < 4.78 is 26.5. The van der Waals surface area contributed by atoms with Gasteiger partial charge in [0.25, 0.3) is 11.7 Å². The predicted molar refractivity (Wildman–Crippen MR) is 57.9 cm³/mol. The summed E-state index contributed by atoms with van der Waals surface area (Å²) in [7, 11) is 0. The lowest BCUT2D eigenvalue weighted by Gasteiger charge is -2.14. The van der Waals surface area contributed by atoms with Crippen molar-refractivity contribution in [2.75, 3.05) is 11.4 Å². The number of Topliss-reactive ketones (excluding diaryl/α,β-unsaturated/α-hetero) is 1. The Morgan fingerprint density at radius 2 is 2.00 bits per heavy atom. The molecule has 0 aromatic heterocycles. The summed E-state index contributed by atoms with van der Waals surface area (Å²) in [6.07, 6.45) is 3.29. The van der Waals surface area contributed by atoms with Gasteiger partial charge in [0.1, 0.15) is 5.82 Å². The SMILES string of the molecule is C/C=C/CN1C(=O)C(=O)c2cc(F)cc(F)c21. The van der Waals surface area contributed by atoms with Gasteiger partial charge in [-0.05, 0) is 13.0 Å². The molecule has 0 spiro atoms. The number of ketones is 1. The third kappa shape index (κ3) is 1.73. The second kappa shape index (κ2) is 4.08. The van der Waals surface area contributed by atoms with Crippen molar-refractivity contribution in [2.45, 2.75) is 6.92 Å². The maximum Gasteiger partial charge on any atom is 0.299 e. The van der Waals surface area contributed by atoms with Crippen molar-refractivity contribution in [1.82, 2.24) is 0 Å². The summed E-state index contributed by atoms with van der Waals surface area (Å²) in [5, 5.41) is 0. The summed E-state index contributed by atoms with van der Waals surface area (Å²) in [5.74, 6) is -3.47. The number of hydrogen-bond donors (Lipinski definition) is 0.